The van der Waals surface area contributed by atoms with Gasteiger partial charge in [0.2, 0.25) is 0 Å². The highest BCUT2D eigenvalue weighted by molar-refractivity contribution is 4.69. The van der Waals surface area contributed by atoms with Gasteiger partial charge in [-0.25, -0.2) is 0 Å². The SMILES string of the molecule is CCCCC[C@@H](C)N[C@H](CC)CO. The molecule has 0 amide bonds. The standard InChI is InChI=1S/C11H25NO/c1-4-6-7-8-10(3)12-11(5-2)9-13/h10-13H,4-9H2,1-3H3/t10-,11-/m1/s1. The molecule has 0 heterocycles. The predicted octanol–water partition coefficient (Wildman–Crippen LogP) is 2.32. The second kappa shape index (κ2) is 8.52. The molecule has 2 atom stereocenters. The van der Waals surface area contributed by atoms with Gasteiger partial charge >= 0.3 is 0 Å². The smallest absolute Gasteiger partial charge is 0.0584 e. The first-order chi connectivity index (χ1) is 6.24. The number of aliphatic hydroxyl groups is 1. The van der Waals surface area contributed by atoms with Gasteiger partial charge in [0.15, 0.2) is 0 Å². The van der Waals surface area contributed by atoms with Crippen molar-refractivity contribution in [3.8, 4) is 0 Å². The van der Waals surface area contributed by atoms with E-state index >= 15 is 0 Å². The first kappa shape index (κ1) is 12.9. The Labute approximate surface area is 82.7 Å². The first-order valence-corrected chi connectivity index (χ1v) is 5.61. The van der Waals surface area contributed by atoms with E-state index in [-0.39, 0.29) is 12.6 Å². The fraction of sp³-hybridized carbons (Fsp3) is 1.00. The van der Waals surface area contributed by atoms with Crippen molar-refractivity contribution in [1.29, 1.82) is 0 Å². The summed E-state index contributed by atoms with van der Waals surface area (Å²) in [6.07, 6.45) is 6.14. The van der Waals surface area contributed by atoms with Gasteiger partial charge in [-0.3, -0.25) is 0 Å². The van der Waals surface area contributed by atoms with Crippen LogP contribution in [0.5, 0.6) is 0 Å². The van der Waals surface area contributed by atoms with Crippen LogP contribution < -0.4 is 5.32 Å². The summed E-state index contributed by atoms with van der Waals surface area (Å²) in [7, 11) is 0. The normalized spacial score (nSPS) is 15.7. The van der Waals surface area contributed by atoms with Crippen LogP contribution in [0.25, 0.3) is 0 Å². The van der Waals surface area contributed by atoms with Crippen molar-refractivity contribution in [2.75, 3.05) is 6.61 Å². The van der Waals surface area contributed by atoms with Crippen molar-refractivity contribution in [3.63, 3.8) is 0 Å². The van der Waals surface area contributed by atoms with Gasteiger partial charge in [0.1, 0.15) is 0 Å². The molecule has 0 saturated carbocycles. The van der Waals surface area contributed by atoms with Crippen LogP contribution in [0.3, 0.4) is 0 Å². The quantitative estimate of drug-likeness (QED) is 0.572. The Morgan fingerprint density at radius 2 is 1.92 bits per heavy atom. The van der Waals surface area contributed by atoms with Crippen molar-refractivity contribution in [3.05, 3.63) is 0 Å². The number of nitrogens with one attached hydrogen (secondary N) is 1. The maximum atomic E-state index is 8.98. The summed E-state index contributed by atoms with van der Waals surface area (Å²) in [5, 5.41) is 12.4. The molecule has 0 fully saturated rings. The lowest BCUT2D eigenvalue weighted by atomic mass is 10.1. The van der Waals surface area contributed by atoms with Gasteiger partial charge in [-0.15, -0.1) is 0 Å². The molecular weight excluding hydrogens is 162 g/mol. The fourth-order valence-electron chi connectivity index (χ4n) is 1.49. The molecule has 0 saturated heterocycles. The molecule has 2 N–H and O–H groups in total. The zero-order valence-electron chi connectivity index (χ0n) is 9.34. The van der Waals surface area contributed by atoms with Gasteiger partial charge in [0, 0.05) is 12.1 Å². The summed E-state index contributed by atoms with van der Waals surface area (Å²) in [5.41, 5.74) is 0. The van der Waals surface area contributed by atoms with Crippen LogP contribution in [0.1, 0.15) is 52.9 Å². The minimum absolute atomic E-state index is 0.259. The van der Waals surface area contributed by atoms with Gasteiger partial charge in [-0.2, -0.15) is 0 Å². The van der Waals surface area contributed by atoms with Gasteiger partial charge in [0.05, 0.1) is 6.61 Å². The number of unbranched alkanes of at least 4 members (excludes halogenated alkanes) is 2. The molecule has 0 rings (SSSR count). The molecule has 0 spiro atoms. The summed E-state index contributed by atoms with van der Waals surface area (Å²) in [5.74, 6) is 0. The maximum absolute atomic E-state index is 8.98. The average Bonchev–Trinajstić information content (AvgIpc) is 2.14. The third-order valence-corrected chi connectivity index (χ3v) is 2.47. The van der Waals surface area contributed by atoms with E-state index in [0.29, 0.717) is 6.04 Å². The second-order valence-electron chi connectivity index (χ2n) is 3.85. The van der Waals surface area contributed by atoms with Crippen LogP contribution in [-0.4, -0.2) is 23.8 Å². The fourth-order valence-corrected chi connectivity index (χ4v) is 1.49. The minimum atomic E-state index is 0.259. The lowest BCUT2D eigenvalue weighted by Crippen LogP contribution is -2.38. The third kappa shape index (κ3) is 7.03. The highest BCUT2D eigenvalue weighted by Crippen LogP contribution is 2.04. The van der Waals surface area contributed by atoms with Crippen LogP contribution in [-0.2, 0) is 0 Å². The van der Waals surface area contributed by atoms with Gasteiger partial charge in [-0.05, 0) is 19.8 Å². The van der Waals surface area contributed by atoms with E-state index in [2.05, 4.69) is 26.1 Å². The third-order valence-electron chi connectivity index (χ3n) is 2.47. The highest BCUT2D eigenvalue weighted by Gasteiger charge is 2.07. The zero-order chi connectivity index (χ0) is 10.1. The van der Waals surface area contributed by atoms with Crippen LogP contribution in [0.2, 0.25) is 0 Å². The Bertz CT molecular complexity index is 102. The number of hydrogen-bond donors (Lipinski definition) is 2. The van der Waals surface area contributed by atoms with Crippen molar-refractivity contribution < 1.29 is 5.11 Å². The van der Waals surface area contributed by atoms with Gasteiger partial charge < -0.3 is 10.4 Å². The predicted molar refractivity (Wildman–Crippen MR) is 57.9 cm³/mol. The molecule has 0 radical (unpaired) electrons. The molecule has 13 heavy (non-hydrogen) atoms. The lowest BCUT2D eigenvalue weighted by Gasteiger charge is -2.20. The molecule has 0 unspecified atom stereocenters. The van der Waals surface area contributed by atoms with Crippen LogP contribution >= 0.6 is 0 Å². The van der Waals surface area contributed by atoms with Crippen molar-refractivity contribution in [2.24, 2.45) is 0 Å². The minimum Gasteiger partial charge on any atom is -0.395 e. The van der Waals surface area contributed by atoms with E-state index in [9.17, 15) is 0 Å². The Hall–Kier alpha value is -0.0800. The van der Waals surface area contributed by atoms with Crippen LogP contribution in [0, 0.1) is 0 Å². The zero-order valence-corrected chi connectivity index (χ0v) is 9.34. The molecule has 2 heteroatoms. The van der Waals surface area contributed by atoms with E-state index in [4.69, 9.17) is 5.11 Å². The topological polar surface area (TPSA) is 32.3 Å². The average molecular weight is 187 g/mol. The van der Waals surface area contributed by atoms with Gasteiger partial charge in [0.25, 0.3) is 0 Å². The summed E-state index contributed by atoms with van der Waals surface area (Å²) >= 11 is 0. The molecule has 2 nitrogen and oxygen atoms in total. The molecule has 0 aromatic carbocycles. The monoisotopic (exact) mass is 187 g/mol. The summed E-state index contributed by atoms with van der Waals surface area (Å²) in [6, 6.07) is 0.834. The lowest BCUT2D eigenvalue weighted by molar-refractivity contribution is 0.227. The molecule has 0 aliphatic rings. The molecule has 0 bridgehead atoms. The molecule has 0 aromatic heterocycles. The molecule has 0 aromatic rings. The first-order valence-electron chi connectivity index (χ1n) is 5.61. The van der Waals surface area contributed by atoms with Crippen molar-refractivity contribution >= 4 is 0 Å². The van der Waals surface area contributed by atoms with E-state index < -0.39 is 0 Å². The Balaban J connectivity index is 3.42. The summed E-state index contributed by atoms with van der Waals surface area (Å²) in [6.45, 7) is 6.79. The second-order valence-corrected chi connectivity index (χ2v) is 3.85. The Kier molecular flexibility index (Phi) is 8.46. The van der Waals surface area contributed by atoms with Crippen molar-refractivity contribution in [1.82, 2.24) is 5.32 Å². The number of rotatable bonds is 8. The van der Waals surface area contributed by atoms with E-state index in [1.807, 2.05) is 0 Å². The van der Waals surface area contributed by atoms with Crippen LogP contribution in [0.4, 0.5) is 0 Å². The van der Waals surface area contributed by atoms with E-state index in [0.717, 1.165) is 6.42 Å². The number of aliphatic hydroxyl groups excluding tert-OH is 1. The Morgan fingerprint density at radius 1 is 1.23 bits per heavy atom. The molecule has 0 aliphatic carbocycles. The highest BCUT2D eigenvalue weighted by atomic mass is 16.3. The summed E-state index contributed by atoms with van der Waals surface area (Å²) < 4.78 is 0. The Morgan fingerprint density at radius 3 is 2.38 bits per heavy atom. The largest absolute Gasteiger partial charge is 0.395 e. The summed E-state index contributed by atoms with van der Waals surface area (Å²) in [4.78, 5) is 0. The number of hydrogen-bond acceptors (Lipinski definition) is 2. The van der Waals surface area contributed by atoms with E-state index in [1.54, 1.807) is 0 Å². The molecular formula is C11H25NO. The van der Waals surface area contributed by atoms with Gasteiger partial charge in [-0.1, -0.05) is 33.1 Å². The van der Waals surface area contributed by atoms with Crippen molar-refractivity contribution in [2.45, 2.75) is 65.0 Å². The molecule has 0 aliphatic heterocycles. The van der Waals surface area contributed by atoms with E-state index in [1.165, 1.54) is 25.7 Å². The molecule has 80 valence electrons. The van der Waals surface area contributed by atoms with Crippen LogP contribution in [0.15, 0.2) is 0 Å². The maximum Gasteiger partial charge on any atom is 0.0584 e.